The molecule has 66 heavy (non-hydrogen) atoms. The summed E-state index contributed by atoms with van der Waals surface area (Å²) < 4.78 is 49.4. The van der Waals surface area contributed by atoms with Gasteiger partial charge in [0.05, 0.1) is 5.48 Å². The van der Waals surface area contributed by atoms with E-state index in [2.05, 4.69) is 163 Å². The summed E-state index contributed by atoms with van der Waals surface area (Å²) in [7, 11) is 0. The molecule has 320 valence electrons. The van der Waals surface area contributed by atoms with Crippen molar-refractivity contribution in [2.24, 2.45) is 0 Å². The Bertz CT molecular complexity index is 3940. The van der Waals surface area contributed by atoms with Crippen molar-refractivity contribution < 1.29 is 29.6 Å². The Morgan fingerprint density at radius 2 is 1.30 bits per heavy atom. The van der Waals surface area contributed by atoms with E-state index in [0.717, 1.165) is 64.8 Å². The molecule has 0 unspecified atom stereocenters. The number of hydrogen-bond donors (Lipinski definition) is 0. The summed E-state index contributed by atoms with van der Waals surface area (Å²) in [6.07, 6.45) is 0. The first-order valence-corrected chi connectivity index (χ1v) is 23.1. The molecule has 12 rings (SSSR count). The zero-order valence-electron chi connectivity index (χ0n) is 40.3. The number of anilines is 2. The van der Waals surface area contributed by atoms with E-state index in [-0.39, 0.29) is 29.6 Å². The van der Waals surface area contributed by atoms with E-state index in [1.165, 1.54) is 5.56 Å². The van der Waals surface area contributed by atoms with Gasteiger partial charge in [-0.25, -0.2) is 0 Å². The molecule has 0 spiro atoms. The van der Waals surface area contributed by atoms with Crippen molar-refractivity contribution in [1.29, 1.82) is 0 Å². The van der Waals surface area contributed by atoms with Crippen LogP contribution in [0.5, 0.6) is 11.6 Å². The molecule has 0 radical (unpaired) electrons. The van der Waals surface area contributed by atoms with Gasteiger partial charge in [-0.05, 0) is 11.4 Å². The average Bonchev–Trinajstić information content (AvgIpc) is 4.02. The fourth-order valence-electron chi connectivity index (χ4n) is 9.45. The molecule has 11 aromatic rings. The first-order valence-electron chi connectivity index (χ1n) is 23.9. The summed E-state index contributed by atoms with van der Waals surface area (Å²) in [6, 6.07) is 66.1. The van der Waals surface area contributed by atoms with Gasteiger partial charge < -0.3 is 0 Å². The zero-order valence-corrected chi connectivity index (χ0v) is 38.6. The monoisotopic (exact) mass is 1030 g/mol. The van der Waals surface area contributed by atoms with Crippen LogP contribution < -0.4 is 15.0 Å². The van der Waals surface area contributed by atoms with E-state index in [1.807, 2.05) is 83.3 Å². The van der Waals surface area contributed by atoms with E-state index >= 15 is 0 Å². The predicted octanol–water partition coefficient (Wildman–Crippen LogP) is 13.4. The normalized spacial score (nSPS) is 13.3. The van der Waals surface area contributed by atoms with Gasteiger partial charge in [-0.3, -0.25) is 0 Å². The van der Waals surface area contributed by atoms with E-state index in [0.29, 0.717) is 34.0 Å². The van der Waals surface area contributed by atoms with Crippen LogP contribution in [0.1, 0.15) is 31.8 Å². The molecule has 6 nitrogen and oxygen atoms in total. The number of nitrogens with zero attached hydrogens (tertiary/aromatic N) is 5. The van der Waals surface area contributed by atoms with Crippen molar-refractivity contribution in [3.05, 3.63) is 222 Å². The van der Waals surface area contributed by atoms with Crippen LogP contribution in [0, 0.1) is 15.9 Å². The number of rotatable bonds is 8. The minimum absolute atomic E-state index is 0.0268. The second-order valence-electron chi connectivity index (χ2n) is 17.5. The number of fused-ring (bicyclic) bond motifs is 4. The third kappa shape index (κ3) is 6.60. The average molecular weight is 1030 g/mol. The van der Waals surface area contributed by atoms with Crippen LogP contribution in [0.2, 0.25) is 0 Å². The number of para-hydroxylation sites is 4. The zero-order chi connectivity index (χ0) is 48.0. The number of imidazole rings is 1. The van der Waals surface area contributed by atoms with Gasteiger partial charge in [0.25, 0.3) is 0 Å². The van der Waals surface area contributed by atoms with E-state index in [1.54, 1.807) is 0 Å². The van der Waals surface area contributed by atoms with Gasteiger partial charge in [0.2, 0.25) is 0 Å². The Morgan fingerprint density at radius 3 is 2.06 bits per heavy atom. The molecule has 4 heterocycles. The van der Waals surface area contributed by atoms with Crippen LogP contribution in [0.3, 0.4) is 0 Å². The molecular weight excluding hydrogens is 989 g/mol. The van der Waals surface area contributed by atoms with Crippen molar-refractivity contribution in [2.45, 2.75) is 26.2 Å². The van der Waals surface area contributed by atoms with Crippen molar-refractivity contribution in [3.63, 3.8) is 0 Å². The molecule has 0 atom stereocenters. The quantitative estimate of drug-likeness (QED) is 0.112. The minimum atomic E-state index is -0.543. The van der Waals surface area contributed by atoms with Gasteiger partial charge in [0.1, 0.15) is 0 Å². The number of benzene rings is 8. The maximum absolute atomic E-state index is 9.12. The Kier molecular flexibility index (Phi) is 8.63. The molecule has 1 aliphatic heterocycles. The third-order valence-electron chi connectivity index (χ3n) is 12.5. The molecule has 8 aromatic carbocycles. The fraction of sp³-hybridized carbons (Fsp3) is 0.0690. The van der Waals surface area contributed by atoms with Gasteiger partial charge in [-0.15, -0.1) is 5.39 Å². The summed E-state index contributed by atoms with van der Waals surface area (Å²) in [4.78, 5) is 7.19. The Balaban J connectivity index is 0.965. The van der Waals surface area contributed by atoms with Gasteiger partial charge in [0.15, 0.2) is 0 Å². The molecule has 0 N–H and O–H groups in total. The first kappa shape index (κ1) is 35.8. The Labute approximate surface area is 400 Å². The molecule has 1 aliphatic rings. The number of ether oxygens (including phenoxy) is 1. The second-order valence-corrected chi connectivity index (χ2v) is 18.5. The number of pyridine rings is 1. The van der Waals surface area contributed by atoms with Crippen LogP contribution in [0.25, 0.3) is 66.5 Å². The van der Waals surface area contributed by atoms with E-state index in [9.17, 15) is 0 Å². The summed E-state index contributed by atoms with van der Waals surface area (Å²) in [5.41, 5.74) is 12.5. The second kappa shape index (κ2) is 15.9. The molecule has 0 bridgehead atoms. The summed E-state index contributed by atoms with van der Waals surface area (Å²) >= 11 is 2.45. The molecule has 0 saturated carbocycles. The SMILES string of the molecule is [2H]c1c([2H])c([2H])c2c(c1[2H])c1cc[c-]c3c1n2B(c1ccccc1)N3c1cccc(Oc2[c-]c(-n3[c](=[Pt])n(-c4c(-c5ccccc5)cccc4-c4ccc(C(C)(C)C)cc4)c4ccccc43)ccc2)n1. The fourth-order valence-corrected chi connectivity index (χ4v) is 10.5. The molecule has 0 aliphatic carbocycles. The standard InChI is InChI=1S/C58H42BN5O.Pt/c1-58(2,3)42-36-34-41(35-37-42)47-26-15-25-46(40-18-6-4-7-19-40)56(47)62-39-61(51-29-12-13-30-52(51)62)44-22-14-23-45(38-44)65-55-33-17-32-54(60-55)63-53-31-16-27-49-48-24-10-11-28-50(48)64(57(49)53)59(63)43-20-8-5-9-21-43;/h4-30,32-37H,1-3H3;/q-2;/i10D,11D,24D,28D;. The topological polar surface area (TPSA) is 40.1 Å². The molecule has 0 fully saturated rings. The predicted molar refractivity (Wildman–Crippen MR) is 266 cm³/mol. The van der Waals surface area contributed by atoms with Gasteiger partial charge in [-0.1, -0.05) is 48.5 Å². The van der Waals surface area contributed by atoms with E-state index in [4.69, 9.17) is 15.2 Å². The van der Waals surface area contributed by atoms with Crippen molar-refractivity contribution in [3.8, 4) is 45.3 Å². The van der Waals surface area contributed by atoms with Gasteiger partial charge >= 0.3 is 314 Å². The van der Waals surface area contributed by atoms with Crippen molar-refractivity contribution in [1.82, 2.24) is 18.6 Å². The van der Waals surface area contributed by atoms with Crippen molar-refractivity contribution in [2.75, 3.05) is 4.81 Å². The van der Waals surface area contributed by atoms with Crippen LogP contribution in [-0.2, 0) is 24.8 Å². The van der Waals surface area contributed by atoms with Crippen LogP contribution >= 0.6 is 0 Å². The van der Waals surface area contributed by atoms with Crippen LogP contribution in [0.4, 0.5) is 11.5 Å². The number of hydrogen-bond acceptors (Lipinski definition) is 3. The molecule has 0 saturated heterocycles. The Morgan fingerprint density at radius 1 is 0.636 bits per heavy atom. The summed E-state index contributed by atoms with van der Waals surface area (Å²) in [5.74, 6) is 1.42. The molecular formula is C58H42BN5OPt-2. The summed E-state index contributed by atoms with van der Waals surface area (Å²) in [5, 5.41) is 1.21. The third-order valence-corrected chi connectivity index (χ3v) is 13.5. The first-order chi connectivity index (χ1) is 34.0. The van der Waals surface area contributed by atoms with Gasteiger partial charge in [-0.2, -0.15) is 12.1 Å². The van der Waals surface area contributed by atoms with Crippen LogP contribution in [-0.4, -0.2) is 25.6 Å². The van der Waals surface area contributed by atoms with Crippen LogP contribution in [0.15, 0.2) is 200 Å². The van der Waals surface area contributed by atoms with Gasteiger partial charge in [0, 0.05) is 5.52 Å². The molecule has 3 aromatic heterocycles. The molecule has 8 heteroatoms. The van der Waals surface area contributed by atoms with E-state index < -0.39 is 6.98 Å². The molecule has 0 amide bonds. The summed E-state index contributed by atoms with van der Waals surface area (Å²) in [6.45, 7) is 6.19. The van der Waals surface area contributed by atoms with Crippen molar-refractivity contribution >= 4 is 56.8 Å². The Hall–Kier alpha value is -7.47. The maximum atomic E-state index is 9.12. The number of aromatic nitrogens is 4.